The van der Waals surface area contributed by atoms with E-state index in [0.717, 1.165) is 17.7 Å². The summed E-state index contributed by atoms with van der Waals surface area (Å²) in [5.41, 5.74) is 0. The van der Waals surface area contributed by atoms with Crippen LogP contribution >= 0.6 is 22.9 Å². The molecule has 0 aliphatic carbocycles. The molecular weight excluding hydrogens is 254 g/mol. The summed E-state index contributed by atoms with van der Waals surface area (Å²) in [5.74, 6) is 0.569. The highest BCUT2D eigenvalue weighted by Crippen LogP contribution is 2.20. The Kier molecular flexibility index (Phi) is 5.05. The number of sulfonamides is 1. The van der Waals surface area contributed by atoms with Crippen LogP contribution in [0, 0.1) is 6.92 Å². The van der Waals surface area contributed by atoms with E-state index in [1.807, 2.05) is 6.92 Å². The number of nitrogens with one attached hydrogen (secondary N) is 1. The maximum atomic E-state index is 11.7. The Balaban J connectivity index is 2.53. The highest BCUT2D eigenvalue weighted by atomic mass is 35.5. The van der Waals surface area contributed by atoms with Gasteiger partial charge in [-0.25, -0.2) is 13.1 Å². The molecule has 0 saturated heterocycles. The van der Waals surface area contributed by atoms with Gasteiger partial charge < -0.3 is 0 Å². The van der Waals surface area contributed by atoms with Crippen molar-refractivity contribution in [1.82, 2.24) is 4.72 Å². The lowest BCUT2D eigenvalue weighted by atomic mass is 10.3. The fourth-order valence-corrected chi connectivity index (χ4v) is 3.64. The topological polar surface area (TPSA) is 46.2 Å². The lowest BCUT2D eigenvalue weighted by Crippen LogP contribution is -2.24. The fraction of sp³-hybridized carbons (Fsp3) is 0.556. The Morgan fingerprint density at radius 3 is 2.67 bits per heavy atom. The molecule has 1 N–H and O–H groups in total. The Labute approximate surface area is 99.5 Å². The second kappa shape index (κ2) is 5.84. The molecule has 1 aromatic rings. The van der Waals surface area contributed by atoms with Crippen molar-refractivity contribution >= 4 is 33.0 Å². The van der Waals surface area contributed by atoms with Gasteiger partial charge >= 0.3 is 0 Å². The van der Waals surface area contributed by atoms with Gasteiger partial charge in [0.15, 0.2) is 0 Å². The molecule has 0 radical (unpaired) electrons. The maximum Gasteiger partial charge on any atom is 0.250 e. The lowest BCUT2D eigenvalue weighted by Gasteiger charge is -2.03. The molecule has 0 aliphatic rings. The predicted octanol–water partition coefficient (Wildman–Crippen LogP) is 2.35. The van der Waals surface area contributed by atoms with E-state index in [9.17, 15) is 8.42 Å². The first-order chi connectivity index (χ1) is 7.06. The van der Waals surface area contributed by atoms with E-state index < -0.39 is 10.0 Å². The summed E-state index contributed by atoms with van der Waals surface area (Å²) in [7, 11) is -3.29. The molecule has 86 valence electrons. The van der Waals surface area contributed by atoms with Gasteiger partial charge in [-0.05, 0) is 31.9 Å². The van der Waals surface area contributed by atoms with Crippen LogP contribution < -0.4 is 4.72 Å². The molecule has 0 aromatic carbocycles. The molecule has 1 aromatic heterocycles. The number of rotatable bonds is 6. The highest BCUT2D eigenvalue weighted by Gasteiger charge is 2.14. The van der Waals surface area contributed by atoms with E-state index in [-0.39, 0.29) is 0 Å². The molecule has 0 amide bonds. The smallest absolute Gasteiger partial charge is 0.210 e. The van der Waals surface area contributed by atoms with Gasteiger partial charge in [0.2, 0.25) is 10.0 Å². The van der Waals surface area contributed by atoms with Crippen molar-refractivity contribution in [1.29, 1.82) is 0 Å². The van der Waals surface area contributed by atoms with Crippen molar-refractivity contribution in [2.75, 3.05) is 12.4 Å². The molecule has 0 aliphatic heterocycles. The number of halogens is 1. The van der Waals surface area contributed by atoms with E-state index in [1.165, 1.54) is 11.3 Å². The number of alkyl halides is 1. The van der Waals surface area contributed by atoms with Gasteiger partial charge in [-0.3, -0.25) is 0 Å². The summed E-state index contributed by atoms with van der Waals surface area (Å²) in [5, 5.41) is 0. The van der Waals surface area contributed by atoms with Crippen LogP contribution in [0.1, 0.15) is 17.7 Å². The van der Waals surface area contributed by atoms with Crippen LogP contribution in [-0.4, -0.2) is 20.8 Å². The zero-order valence-corrected chi connectivity index (χ0v) is 10.9. The van der Waals surface area contributed by atoms with Crippen LogP contribution in [-0.2, 0) is 10.0 Å². The van der Waals surface area contributed by atoms with Gasteiger partial charge in [0, 0.05) is 17.3 Å². The monoisotopic (exact) mass is 267 g/mol. The average molecular weight is 268 g/mol. The van der Waals surface area contributed by atoms with Gasteiger partial charge in [-0.2, -0.15) is 0 Å². The molecule has 0 saturated carbocycles. The first kappa shape index (κ1) is 13.0. The number of hydrogen-bond donors (Lipinski definition) is 1. The van der Waals surface area contributed by atoms with Gasteiger partial charge in [-0.1, -0.05) is 0 Å². The van der Waals surface area contributed by atoms with Crippen LogP contribution in [0.4, 0.5) is 0 Å². The number of thiophene rings is 1. The zero-order chi connectivity index (χ0) is 11.3. The maximum absolute atomic E-state index is 11.7. The molecule has 1 heterocycles. The third-order valence-electron chi connectivity index (χ3n) is 1.83. The zero-order valence-electron chi connectivity index (χ0n) is 8.49. The molecule has 0 fully saturated rings. The van der Waals surface area contributed by atoms with Crippen molar-refractivity contribution < 1.29 is 8.42 Å². The van der Waals surface area contributed by atoms with Crippen LogP contribution in [0.15, 0.2) is 16.3 Å². The molecule has 0 atom stereocenters. The third kappa shape index (κ3) is 4.10. The van der Waals surface area contributed by atoms with E-state index >= 15 is 0 Å². The number of aryl methyl sites for hydroxylation is 1. The molecule has 15 heavy (non-hydrogen) atoms. The minimum Gasteiger partial charge on any atom is -0.210 e. The summed E-state index contributed by atoms with van der Waals surface area (Å²) in [6.07, 6.45) is 1.60. The van der Waals surface area contributed by atoms with E-state index in [0.29, 0.717) is 16.6 Å². The van der Waals surface area contributed by atoms with Crippen LogP contribution in [0.2, 0.25) is 0 Å². The molecule has 6 heteroatoms. The SMILES string of the molecule is Cc1ccc(S(=O)(=O)NCCCCCl)s1. The molecular formula is C9H14ClNO2S2. The Bertz CT molecular complexity index is 400. The Hall–Kier alpha value is -0.100. The highest BCUT2D eigenvalue weighted by molar-refractivity contribution is 7.91. The van der Waals surface area contributed by atoms with Gasteiger partial charge in [0.05, 0.1) is 0 Å². The van der Waals surface area contributed by atoms with Gasteiger partial charge in [0.1, 0.15) is 4.21 Å². The minimum absolute atomic E-state index is 0.380. The normalized spacial score (nSPS) is 11.9. The van der Waals surface area contributed by atoms with Crippen LogP contribution in [0.5, 0.6) is 0 Å². The molecule has 3 nitrogen and oxygen atoms in total. The number of unbranched alkanes of at least 4 members (excludes halogenated alkanes) is 1. The molecule has 0 unspecified atom stereocenters. The average Bonchev–Trinajstić information content (AvgIpc) is 2.60. The van der Waals surface area contributed by atoms with Gasteiger partial charge in [-0.15, -0.1) is 22.9 Å². The quantitative estimate of drug-likeness (QED) is 0.635. The first-order valence-electron chi connectivity index (χ1n) is 4.68. The van der Waals surface area contributed by atoms with Crippen molar-refractivity contribution in [2.45, 2.75) is 24.0 Å². The van der Waals surface area contributed by atoms with Crippen molar-refractivity contribution in [3.8, 4) is 0 Å². The Morgan fingerprint density at radius 2 is 2.13 bits per heavy atom. The summed E-state index contributed by atoms with van der Waals surface area (Å²) < 4.78 is 26.3. The predicted molar refractivity (Wildman–Crippen MR) is 64.2 cm³/mol. The van der Waals surface area contributed by atoms with Gasteiger partial charge in [0.25, 0.3) is 0 Å². The number of hydrogen-bond acceptors (Lipinski definition) is 3. The lowest BCUT2D eigenvalue weighted by molar-refractivity contribution is 0.580. The fourth-order valence-electron chi connectivity index (χ4n) is 1.05. The summed E-state index contributed by atoms with van der Waals surface area (Å²) in [4.78, 5) is 0.996. The molecule has 1 rings (SSSR count). The van der Waals surface area contributed by atoms with E-state index in [4.69, 9.17) is 11.6 Å². The second-order valence-corrected chi connectivity index (χ2v) is 6.82. The Morgan fingerprint density at radius 1 is 1.40 bits per heavy atom. The summed E-state index contributed by atoms with van der Waals surface area (Å²) in [6.45, 7) is 2.34. The van der Waals surface area contributed by atoms with E-state index in [2.05, 4.69) is 4.72 Å². The van der Waals surface area contributed by atoms with Crippen LogP contribution in [0.3, 0.4) is 0 Å². The second-order valence-electron chi connectivity index (χ2n) is 3.16. The largest absolute Gasteiger partial charge is 0.250 e. The third-order valence-corrected chi connectivity index (χ3v) is 5.05. The van der Waals surface area contributed by atoms with Crippen LogP contribution in [0.25, 0.3) is 0 Å². The molecule has 0 bridgehead atoms. The standard InChI is InChI=1S/C9H14ClNO2S2/c1-8-4-5-9(14-8)15(12,13)11-7-3-2-6-10/h4-5,11H,2-3,6-7H2,1H3. The van der Waals surface area contributed by atoms with Crippen molar-refractivity contribution in [2.24, 2.45) is 0 Å². The summed E-state index contributed by atoms with van der Waals surface area (Å²) >= 11 is 6.78. The first-order valence-corrected chi connectivity index (χ1v) is 7.52. The van der Waals surface area contributed by atoms with Crippen molar-refractivity contribution in [3.63, 3.8) is 0 Å². The minimum atomic E-state index is -3.29. The van der Waals surface area contributed by atoms with Crippen molar-refractivity contribution in [3.05, 3.63) is 17.0 Å². The van der Waals surface area contributed by atoms with E-state index in [1.54, 1.807) is 12.1 Å². The molecule has 0 spiro atoms. The summed E-state index contributed by atoms with van der Waals surface area (Å²) in [6, 6.07) is 3.43.